The van der Waals surface area contributed by atoms with Crippen LogP contribution >= 0.6 is 12.4 Å². The van der Waals surface area contributed by atoms with Crippen LogP contribution in [0, 0.1) is 5.41 Å². The van der Waals surface area contributed by atoms with E-state index in [0.717, 1.165) is 39.0 Å². The zero-order valence-electron chi connectivity index (χ0n) is 13.2. The number of amides is 1. The number of hydrogen-bond acceptors (Lipinski definition) is 4. The lowest BCUT2D eigenvalue weighted by molar-refractivity contribution is -0.136. The molecule has 2 aliphatic rings. The Morgan fingerprint density at radius 2 is 2.19 bits per heavy atom. The van der Waals surface area contributed by atoms with Crippen molar-refractivity contribution in [3.8, 4) is 0 Å². The van der Waals surface area contributed by atoms with Crippen LogP contribution in [-0.2, 0) is 14.3 Å². The molecule has 2 atom stereocenters. The number of hydrogen-bond donors (Lipinski definition) is 1. The lowest BCUT2D eigenvalue weighted by Gasteiger charge is -2.42. The van der Waals surface area contributed by atoms with Gasteiger partial charge in [0.05, 0.1) is 25.7 Å². The lowest BCUT2D eigenvalue weighted by atomic mass is 9.79. The minimum atomic E-state index is 0. The van der Waals surface area contributed by atoms with Gasteiger partial charge in [-0.1, -0.05) is 13.8 Å². The van der Waals surface area contributed by atoms with E-state index in [1.807, 2.05) is 4.90 Å². The maximum Gasteiger partial charge on any atom is 0.224 e. The summed E-state index contributed by atoms with van der Waals surface area (Å²) in [4.78, 5) is 14.1. The van der Waals surface area contributed by atoms with Crippen molar-refractivity contribution < 1.29 is 14.3 Å². The number of carbonyl (C=O) groups is 1. The van der Waals surface area contributed by atoms with Crippen LogP contribution in [0.2, 0.25) is 0 Å². The van der Waals surface area contributed by atoms with Crippen molar-refractivity contribution in [3.63, 3.8) is 0 Å². The predicted molar refractivity (Wildman–Crippen MR) is 84.6 cm³/mol. The first kappa shape index (κ1) is 18.7. The molecular weight excluding hydrogens is 292 g/mol. The van der Waals surface area contributed by atoms with Gasteiger partial charge in [-0.25, -0.2) is 0 Å². The number of nitrogens with two attached hydrogens (primary N) is 1. The topological polar surface area (TPSA) is 64.8 Å². The number of carbonyl (C=O) groups excluding carboxylic acids is 1. The summed E-state index contributed by atoms with van der Waals surface area (Å²) in [7, 11) is 0. The minimum absolute atomic E-state index is 0. The van der Waals surface area contributed by atoms with Crippen LogP contribution in [0.4, 0.5) is 0 Å². The third kappa shape index (κ3) is 5.40. The first-order valence-electron chi connectivity index (χ1n) is 7.72. The van der Waals surface area contributed by atoms with E-state index in [9.17, 15) is 4.79 Å². The minimum Gasteiger partial charge on any atom is -0.378 e. The molecule has 2 N–H and O–H groups in total. The molecule has 2 aliphatic heterocycles. The van der Waals surface area contributed by atoms with Crippen molar-refractivity contribution in [2.75, 3.05) is 32.9 Å². The van der Waals surface area contributed by atoms with Crippen LogP contribution in [0.3, 0.4) is 0 Å². The summed E-state index contributed by atoms with van der Waals surface area (Å²) in [5.41, 5.74) is 6.10. The Bertz CT molecular complexity index is 333. The fourth-order valence-corrected chi connectivity index (χ4v) is 2.89. The van der Waals surface area contributed by atoms with Gasteiger partial charge in [0.15, 0.2) is 0 Å². The Morgan fingerprint density at radius 3 is 2.81 bits per heavy atom. The van der Waals surface area contributed by atoms with Gasteiger partial charge in [0.2, 0.25) is 5.91 Å². The molecule has 2 saturated heterocycles. The molecule has 0 aromatic heterocycles. The molecule has 124 valence electrons. The first-order valence-corrected chi connectivity index (χ1v) is 7.72. The maximum absolute atomic E-state index is 12.2. The Balaban J connectivity index is 0.00000220. The van der Waals surface area contributed by atoms with Gasteiger partial charge >= 0.3 is 0 Å². The van der Waals surface area contributed by atoms with Gasteiger partial charge in [0.25, 0.3) is 0 Å². The van der Waals surface area contributed by atoms with E-state index in [1.165, 1.54) is 0 Å². The van der Waals surface area contributed by atoms with E-state index in [-0.39, 0.29) is 35.9 Å². The van der Waals surface area contributed by atoms with Crippen molar-refractivity contribution in [2.24, 2.45) is 11.1 Å². The normalized spacial score (nSPS) is 28.2. The summed E-state index contributed by atoms with van der Waals surface area (Å²) in [6.07, 6.45) is 3.77. The monoisotopic (exact) mass is 320 g/mol. The van der Waals surface area contributed by atoms with Gasteiger partial charge in [0.1, 0.15) is 0 Å². The summed E-state index contributed by atoms with van der Waals surface area (Å²) in [5, 5.41) is 0. The molecule has 2 heterocycles. The predicted octanol–water partition coefficient (Wildman–Crippen LogP) is 1.58. The average molecular weight is 321 g/mol. The number of rotatable bonds is 5. The van der Waals surface area contributed by atoms with Crippen molar-refractivity contribution in [1.82, 2.24) is 4.90 Å². The molecule has 2 fully saturated rings. The van der Waals surface area contributed by atoms with E-state index in [2.05, 4.69) is 13.8 Å². The van der Waals surface area contributed by atoms with Gasteiger partial charge in [-0.15, -0.1) is 12.4 Å². The summed E-state index contributed by atoms with van der Waals surface area (Å²) >= 11 is 0. The molecule has 0 aromatic carbocycles. The van der Waals surface area contributed by atoms with E-state index in [0.29, 0.717) is 19.6 Å². The quantitative estimate of drug-likeness (QED) is 0.781. The summed E-state index contributed by atoms with van der Waals surface area (Å²) in [5.74, 6) is 0.178. The molecule has 0 radical (unpaired) electrons. The molecular formula is C15H29ClN2O3. The Kier molecular flexibility index (Phi) is 7.40. The van der Waals surface area contributed by atoms with E-state index < -0.39 is 0 Å². The zero-order valence-corrected chi connectivity index (χ0v) is 14.0. The zero-order chi connectivity index (χ0) is 14.6. The first-order chi connectivity index (χ1) is 9.49. The maximum atomic E-state index is 12.2. The van der Waals surface area contributed by atoms with E-state index >= 15 is 0 Å². The SMILES string of the molecule is CC1(C)CN(C(=O)CCOCC2CCCO2)CCC1N.Cl. The molecule has 2 unspecified atom stereocenters. The summed E-state index contributed by atoms with van der Waals surface area (Å²) in [6.45, 7) is 7.73. The largest absolute Gasteiger partial charge is 0.378 e. The Morgan fingerprint density at radius 1 is 1.43 bits per heavy atom. The van der Waals surface area contributed by atoms with Crippen LogP contribution < -0.4 is 5.73 Å². The van der Waals surface area contributed by atoms with Gasteiger partial charge in [-0.3, -0.25) is 4.79 Å². The van der Waals surface area contributed by atoms with Crippen molar-refractivity contribution in [1.29, 1.82) is 0 Å². The van der Waals surface area contributed by atoms with Crippen LogP contribution in [0.15, 0.2) is 0 Å². The average Bonchev–Trinajstić information content (AvgIpc) is 2.90. The van der Waals surface area contributed by atoms with Crippen LogP contribution in [0.25, 0.3) is 0 Å². The molecule has 6 heteroatoms. The van der Waals surface area contributed by atoms with Crippen molar-refractivity contribution >= 4 is 18.3 Å². The second kappa shape index (κ2) is 8.32. The molecule has 0 aromatic rings. The fraction of sp³-hybridized carbons (Fsp3) is 0.933. The van der Waals surface area contributed by atoms with Crippen LogP contribution in [-0.4, -0.2) is 55.9 Å². The number of likely N-dealkylation sites (tertiary alicyclic amines) is 1. The van der Waals surface area contributed by atoms with Crippen molar-refractivity contribution in [3.05, 3.63) is 0 Å². The second-order valence-corrected chi connectivity index (χ2v) is 6.66. The van der Waals surface area contributed by atoms with Gasteiger partial charge in [0, 0.05) is 25.7 Å². The van der Waals surface area contributed by atoms with Gasteiger partial charge in [-0.05, 0) is 24.7 Å². The number of nitrogens with zero attached hydrogens (tertiary/aromatic N) is 1. The van der Waals surface area contributed by atoms with E-state index in [1.54, 1.807) is 0 Å². The second-order valence-electron chi connectivity index (χ2n) is 6.66. The van der Waals surface area contributed by atoms with Crippen LogP contribution in [0.5, 0.6) is 0 Å². The third-order valence-corrected chi connectivity index (χ3v) is 4.45. The molecule has 21 heavy (non-hydrogen) atoms. The van der Waals surface area contributed by atoms with Crippen molar-refractivity contribution in [2.45, 2.75) is 51.7 Å². The fourth-order valence-electron chi connectivity index (χ4n) is 2.89. The smallest absolute Gasteiger partial charge is 0.224 e. The Labute approximate surface area is 133 Å². The summed E-state index contributed by atoms with van der Waals surface area (Å²) < 4.78 is 11.0. The van der Waals surface area contributed by atoms with Gasteiger partial charge < -0.3 is 20.1 Å². The molecule has 0 aliphatic carbocycles. The van der Waals surface area contributed by atoms with Crippen LogP contribution in [0.1, 0.15) is 39.5 Å². The molecule has 0 bridgehead atoms. The van der Waals surface area contributed by atoms with E-state index in [4.69, 9.17) is 15.2 Å². The molecule has 0 spiro atoms. The van der Waals surface area contributed by atoms with Gasteiger partial charge in [-0.2, -0.15) is 0 Å². The number of piperidine rings is 1. The highest BCUT2D eigenvalue weighted by atomic mass is 35.5. The molecule has 0 saturated carbocycles. The number of ether oxygens (including phenoxy) is 2. The summed E-state index contributed by atoms with van der Waals surface area (Å²) in [6, 6.07) is 0.183. The highest BCUT2D eigenvalue weighted by molar-refractivity contribution is 5.85. The Hall–Kier alpha value is -0.360. The highest BCUT2D eigenvalue weighted by Gasteiger charge is 2.35. The lowest BCUT2D eigenvalue weighted by Crippen LogP contribution is -2.54. The third-order valence-electron chi connectivity index (χ3n) is 4.45. The molecule has 5 nitrogen and oxygen atoms in total. The highest BCUT2D eigenvalue weighted by Crippen LogP contribution is 2.27. The molecule has 1 amide bonds. The number of halogens is 1. The standard InChI is InChI=1S/C15H28N2O3.ClH/c1-15(2)11-17(7-5-13(15)16)14(18)6-9-19-10-12-4-3-8-20-12;/h12-13H,3-11,16H2,1-2H3;1H. The molecule has 2 rings (SSSR count).